The Balaban J connectivity index is 2.68. The van der Waals surface area contributed by atoms with Crippen molar-refractivity contribution >= 4 is 17.3 Å². The number of thiophene rings is 1. The number of carboxylic acids is 1. The number of carbonyl (C=O) groups is 1. The van der Waals surface area contributed by atoms with Crippen LogP contribution in [0, 0.1) is 0 Å². The Bertz CT molecular complexity index is 460. The minimum Gasteiger partial charge on any atom is -0.477 e. The molecule has 17 heavy (non-hydrogen) atoms. The first-order chi connectivity index (χ1) is 7.82. The Kier molecular flexibility index (Phi) is 3.01. The smallest absolute Gasteiger partial charge is 0.346 e. The second-order valence-corrected chi connectivity index (χ2v) is 6.54. The fourth-order valence-corrected chi connectivity index (χ4v) is 3.74. The summed E-state index contributed by atoms with van der Waals surface area (Å²) in [5, 5.41) is 12.5. The molecule has 1 unspecified atom stereocenters. The highest BCUT2D eigenvalue weighted by atomic mass is 32.1. The molecular weight excluding hydrogens is 236 g/mol. The van der Waals surface area contributed by atoms with E-state index in [-0.39, 0.29) is 11.5 Å². The van der Waals surface area contributed by atoms with Crippen molar-refractivity contribution in [2.75, 3.05) is 6.54 Å². The van der Waals surface area contributed by atoms with Crippen molar-refractivity contribution in [3.8, 4) is 0 Å². The van der Waals surface area contributed by atoms with E-state index in [2.05, 4.69) is 5.32 Å². The van der Waals surface area contributed by atoms with Gasteiger partial charge in [0.05, 0.1) is 0 Å². The van der Waals surface area contributed by atoms with Crippen LogP contribution in [0.15, 0.2) is 0 Å². The number of nitrogens with two attached hydrogens (primary N) is 1. The van der Waals surface area contributed by atoms with Crippen molar-refractivity contribution in [2.45, 2.75) is 38.8 Å². The average Bonchev–Trinajstić information content (AvgIpc) is 2.57. The quantitative estimate of drug-likeness (QED) is 0.715. The van der Waals surface area contributed by atoms with Gasteiger partial charge >= 0.3 is 5.97 Å². The minimum atomic E-state index is -0.846. The van der Waals surface area contributed by atoms with Gasteiger partial charge in [0.15, 0.2) is 0 Å². The molecule has 0 saturated heterocycles. The summed E-state index contributed by atoms with van der Waals surface area (Å²) in [6.45, 7) is 7.56. The van der Waals surface area contributed by atoms with Crippen molar-refractivity contribution in [3.05, 3.63) is 20.9 Å². The van der Waals surface area contributed by atoms with Crippen molar-refractivity contribution in [1.82, 2.24) is 5.32 Å². The molecule has 2 heterocycles. The van der Waals surface area contributed by atoms with E-state index < -0.39 is 5.97 Å². The van der Waals surface area contributed by atoms with Crippen LogP contribution in [0.5, 0.6) is 0 Å². The lowest BCUT2D eigenvalue weighted by Crippen LogP contribution is -2.33. The van der Waals surface area contributed by atoms with Crippen LogP contribution in [0.3, 0.4) is 0 Å². The molecule has 0 aliphatic carbocycles. The van der Waals surface area contributed by atoms with Crippen LogP contribution in [-0.4, -0.2) is 17.6 Å². The van der Waals surface area contributed by atoms with Gasteiger partial charge in [-0.2, -0.15) is 0 Å². The molecule has 1 atom stereocenters. The summed E-state index contributed by atoms with van der Waals surface area (Å²) < 4.78 is 0. The van der Waals surface area contributed by atoms with Crippen molar-refractivity contribution in [3.63, 3.8) is 0 Å². The number of fused-ring (bicyclic) bond motifs is 1. The van der Waals surface area contributed by atoms with E-state index in [9.17, 15) is 9.90 Å². The van der Waals surface area contributed by atoms with Gasteiger partial charge in [0.25, 0.3) is 0 Å². The van der Waals surface area contributed by atoms with E-state index in [1.54, 1.807) is 0 Å². The summed E-state index contributed by atoms with van der Waals surface area (Å²) >= 11 is 1.36. The van der Waals surface area contributed by atoms with Gasteiger partial charge in [-0.05, 0) is 16.5 Å². The lowest BCUT2D eigenvalue weighted by molar-refractivity contribution is 0.0699. The molecule has 4 N–H and O–H groups in total. The molecule has 0 amide bonds. The number of hydrogen-bond acceptors (Lipinski definition) is 4. The summed E-state index contributed by atoms with van der Waals surface area (Å²) in [5.41, 5.74) is 7.89. The standard InChI is InChI=1S/C12H18N2O2S/c1-12(2,3)9-8-6(13)4-14-5-7(8)17-10(9)11(15)16/h6,14H,4-5,13H2,1-3H3,(H,15,16). The molecule has 5 heteroatoms. The van der Waals surface area contributed by atoms with Crippen molar-refractivity contribution < 1.29 is 9.90 Å². The minimum absolute atomic E-state index is 0.0997. The number of rotatable bonds is 1. The molecule has 0 aromatic carbocycles. The van der Waals surface area contributed by atoms with Gasteiger partial charge in [-0.25, -0.2) is 4.79 Å². The molecule has 1 aliphatic rings. The number of hydrogen-bond donors (Lipinski definition) is 3. The molecule has 0 saturated carbocycles. The Morgan fingerprint density at radius 2 is 2.18 bits per heavy atom. The maximum absolute atomic E-state index is 11.3. The van der Waals surface area contributed by atoms with Crippen molar-refractivity contribution in [2.24, 2.45) is 5.73 Å². The summed E-state index contributed by atoms with van der Waals surface area (Å²) in [5.74, 6) is -0.846. The molecule has 1 aromatic heterocycles. The monoisotopic (exact) mass is 254 g/mol. The molecule has 1 aromatic rings. The van der Waals surface area contributed by atoms with Gasteiger partial charge in [0.1, 0.15) is 4.88 Å². The first kappa shape index (κ1) is 12.5. The number of carboxylic acid groups (broad SMARTS) is 1. The molecule has 0 bridgehead atoms. The van der Waals surface area contributed by atoms with Gasteiger partial charge in [-0.3, -0.25) is 0 Å². The predicted octanol–water partition coefficient (Wildman–Crippen LogP) is 1.85. The van der Waals surface area contributed by atoms with E-state index in [0.717, 1.165) is 22.5 Å². The first-order valence-electron chi connectivity index (χ1n) is 5.68. The highest BCUT2D eigenvalue weighted by Gasteiger charge is 2.33. The van der Waals surface area contributed by atoms with Gasteiger partial charge in [0.2, 0.25) is 0 Å². The van der Waals surface area contributed by atoms with Gasteiger partial charge in [-0.15, -0.1) is 11.3 Å². The van der Waals surface area contributed by atoms with Crippen LogP contribution >= 0.6 is 11.3 Å². The summed E-state index contributed by atoms with van der Waals surface area (Å²) in [4.78, 5) is 12.9. The zero-order valence-electron chi connectivity index (χ0n) is 10.3. The highest BCUT2D eigenvalue weighted by molar-refractivity contribution is 7.14. The first-order valence-corrected chi connectivity index (χ1v) is 6.49. The van der Waals surface area contributed by atoms with E-state index in [1.165, 1.54) is 11.3 Å². The third kappa shape index (κ3) is 2.10. The molecule has 94 valence electrons. The van der Waals surface area contributed by atoms with Crippen LogP contribution in [0.4, 0.5) is 0 Å². The van der Waals surface area contributed by atoms with Crippen LogP contribution in [-0.2, 0) is 12.0 Å². The topological polar surface area (TPSA) is 75.3 Å². The van der Waals surface area contributed by atoms with Crippen molar-refractivity contribution in [1.29, 1.82) is 0 Å². The van der Waals surface area contributed by atoms with E-state index in [0.29, 0.717) is 11.4 Å². The maximum atomic E-state index is 11.3. The molecule has 2 rings (SSSR count). The second-order valence-electron chi connectivity index (χ2n) is 5.44. The Morgan fingerprint density at radius 1 is 1.53 bits per heavy atom. The largest absolute Gasteiger partial charge is 0.477 e. The third-order valence-corrected chi connectivity index (χ3v) is 4.18. The van der Waals surface area contributed by atoms with Gasteiger partial charge < -0.3 is 16.2 Å². The van der Waals surface area contributed by atoms with E-state index in [4.69, 9.17) is 5.73 Å². The third-order valence-electron chi connectivity index (χ3n) is 2.99. The van der Waals surface area contributed by atoms with E-state index >= 15 is 0 Å². The molecule has 0 radical (unpaired) electrons. The molecule has 1 aliphatic heterocycles. The van der Waals surface area contributed by atoms with E-state index in [1.807, 2.05) is 20.8 Å². The fraction of sp³-hybridized carbons (Fsp3) is 0.583. The normalized spacial score (nSPS) is 20.1. The maximum Gasteiger partial charge on any atom is 0.346 e. The fourth-order valence-electron chi connectivity index (χ4n) is 2.35. The predicted molar refractivity (Wildman–Crippen MR) is 68.6 cm³/mol. The average molecular weight is 254 g/mol. The number of nitrogens with one attached hydrogen (secondary N) is 1. The lowest BCUT2D eigenvalue weighted by atomic mass is 9.81. The van der Waals surface area contributed by atoms with Crippen LogP contribution in [0.1, 0.15) is 52.5 Å². The molecule has 4 nitrogen and oxygen atoms in total. The molecular formula is C12H18N2O2S. The Labute approximate surface area is 105 Å². The SMILES string of the molecule is CC(C)(C)c1c(C(=O)O)sc2c1C(N)CNC2. The van der Waals surface area contributed by atoms with Crippen LogP contribution < -0.4 is 11.1 Å². The molecule has 0 fully saturated rings. The lowest BCUT2D eigenvalue weighted by Gasteiger charge is -2.27. The van der Waals surface area contributed by atoms with Gasteiger partial charge in [0, 0.05) is 24.0 Å². The summed E-state index contributed by atoms with van der Waals surface area (Å²) in [6, 6.07) is -0.0997. The number of aromatic carboxylic acids is 1. The Hall–Kier alpha value is -0.910. The second kappa shape index (κ2) is 4.08. The molecule has 0 spiro atoms. The summed E-state index contributed by atoms with van der Waals surface area (Å²) in [6.07, 6.45) is 0. The highest BCUT2D eigenvalue weighted by Crippen LogP contribution is 2.41. The Morgan fingerprint density at radius 3 is 2.71 bits per heavy atom. The summed E-state index contributed by atoms with van der Waals surface area (Å²) in [7, 11) is 0. The van der Waals surface area contributed by atoms with Gasteiger partial charge in [-0.1, -0.05) is 20.8 Å². The zero-order chi connectivity index (χ0) is 12.8. The van der Waals surface area contributed by atoms with Crippen LogP contribution in [0.25, 0.3) is 0 Å². The van der Waals surface area contributed by atoms with Crippen LogP contribution in [0.2, 0.25) is 0 Å². The zero-order valence-corrected chi connectivity index (χ0v) is 11.1.